The maximum absolute atomic E-state index is 12.9. The van der Waals surface area contributed by atoms with E-state index in [1.165, 1.54) is 6.92 Å². The molecule has 2 unspecified atom stereocenters. The van der Waals surface area contributed by atoms with Gasteiger partial charge in [-0.25, -0.2) is 0 Å². The second-order valence-electron chi connectivity index (χ2n) is 8.27. The predicted molar refractivity (Wildman–Crippen MR) is 113 cm³/mol. The minimum atomic E-state index is -4.36. The molecular weight excluding hydrogens is 395 g/mol. The van der Waals surface area contributed by atoms with Crippen molar-refractivity contribution in [3.05, 3.63) is 0 Å². The van der Waals surface area contributed by atoms with E-state index in [1.54, 1.807) is 0 Å². The van der Waals surface area contributed by atoms with E-state index in [0.717, 1.165) is 45.2 Å². The average molecular weight is 435 g/mol. The summed E-state index contributed by atoms with van der Waals surface area (Å²) in [5, 5.41) is 11.9. The van der Waals surface area contributed by atoms with Crippen LogP contribution in [0.4, 0.5) is 0 Å². The summed E-state index contributed by atoms with van der Waals surface area (Å²) < 4.78 is 11.5. The largest absolute Gasteiger partial charge is 0.354 e. The monoisotopic (exact) mass is 434 g/mol. The third-order valence-electron chi connectivity index (χ3n) is 5.03. The summed E-state index contributed by atoms with van der Waals surface area (Å²) in [6.07, 6.45) is 5.66. The van der Waals surface area contributed by atoms with E-state index in [-0.39, 0.29) is 11.8 Å². The number of carbonyl (C=O) groups is 2. The van der Waals surface area contributed by atoms with Crippen LogP contribution >= 0.6 is 7.60 Å². The van der Waals surface area contributed by atoms with E-state index in [0.29, 0.717) is 19.4 Å². The lowest BCUT2D eigenvalue weighted by Crippen LogP contribution is -2.54. The molecule has 10 heteroatoms. The minimum Gasteiger partial charge on any atom is -0.354 e. The van der Waals surface area contributed by atoms with Gasteiger partial charge in [-0.05, 0) is 64.5 Å². The van der Waals surface area contributed by atoms with Crippen molar-refractivity contribution in [2.75, 3.05) is 19.6 Å². The zero-order chi connectivity index (χ0) is 21.9. The van der Waals surface area contributed by atoms with Gasteiger partial charge in [0.05, 0.1) is 6.04 Å². The van der Waals surface area contributed by atoms with Gasteiger partial charge in [-0.1, -0.05) is 20.3 Å². The number of hydrogen-bond donors (Lipinski definition) is 6. The normalized spacial score (nSPS) is 22.6. The van der Waals surface area contributed by atoms with Gasteiger partial charge in [0.15, 0.2) is 0 Å². The molecule has 1 heterocycles. The Bertz CT molecular complexity index is 555. The van der Waals surface area contributed by atoms with Gasteiger partial charge in [-0.15, -0.1) is 0 Å². The lowest BCUT2D eigenvalue weighted by molar-refractivity contribution is -0.130. The van der Waals surface area contributed by atoms with E-state index >= 15 is 0 Å². The van der Waals surface area contributed by atoms with E-state index in [9.17, 15) is 23.9 Å². The fourth-order valence-electron chi connectivity index (χ4n) is 3.26. The summed E-state index contributed by atoms with van der Waals surface area (Å²) >= 11 is 0. The maximum Gasteiger partial charge on any atom is 0.342 e. The van der Waals surface area contributed by atoms with Crippen LogP contribution in [0.5, 0.6) is 0 Å². The van der Waals surface area contributed by atoms with E-state index in [4.69, 9.17) is 0 Å². The summed E-state index contributed by atoms with van der Waals surface area (Å²) in [7, 11) is -4.36. The summed E-state index contributed by atoms with van der Waals surface area (Å²) in [5.74, 6) is -1.60. The molecule has 0 aromatic heterocycles. The van der Waals surface area contributed by atoms with Gasteiger partial charge in [0.1, 0.15) is 11.8 Å². The fraction of sp³-hybridized carbons (Fsp3) is 0.895. The van der Waals surface area contributed by atoms with Crippen molar-refractivity contribution in [1.29, 1.82) is 0 Å². The molecule has 0 spiro atoms. The van der Waals surface area contributed by atoms with E-state index in [2.05, 4.69) is 21.3 Å². The molecule has 0 aliphatic carbocycles. The quantitative estimate of drug-likeness (QED) is 0.329. The molecule has 1 saturated heterocycles. The predicted octanol–water partition coefficient (Wildman–Crippen LogP) is 1.06. The molecule has 29 heavy (non-hydrogen) atoms. The van der Waals surface area contributed by atoms with E-state index < -0.39 is 31.4 Å². The van der Waals surface area contributed by atoms with Crippen LogP contribution in [0, 0.1) is 5.92 Å². The van der Waals surface area contributed by atoms with Crippen LogP contribution < -0.4 is 21.3 Å². The molecule has 170 valence electrons. The lowest BCUT2D eigenvalue weighted by Gasteiger charge is -2.27. The number of nitrogens with one attached hydrogen (secondary N) is 4. The van der Waals surface area contributed by atoms with Crippen LogP contribution in [-0.4, -0.2) is 59.1 Å². The molecule has 1 aliphatic rings. The van der Waals surface area contributed by atoms with Crippen molar-refractivity contribution in [3.8, 4) is 0 Å². The topological polar surface area (TPSA) is 140 Å². The molecule has 1 rings (SSSR count). The first-order valence-electron chi connectivity index (χ1n) is 10.7. The highest BCUT2D eigenvalue weighted by Crippen LogP contribution is 2.39. The van der Waals surface area contributed by atoms with Crippen LogP contribution in [0.25, 0.3) is 0 Å². The van der Waals surface area contributed by atoms with Gasteiger partial charge in [-0.2, -0.15) is 0 Å². The maximum atomic E-state index is 12.9. The smallest absolute Gasteiger partial charge is 0.342 e. The SMILES string of the molecule is CC(C)CC(N[C@@H](C)P(=O)(O)O)C(=O)NC1CCCCNCCCCCNC1=O. The van der Waals surface area contributed by atoms with Gasteiger partial charge in [-0.3, -0.25) is 19.5 Å². The van der Waals surface area contributed by atoms with Crippen LogP contribution in [0.2, 0.25) is 0 Å². The molecule has 0 bridgehead atoms. The highest BCUT2D eigenvalue weighted by molar-refractivity contribution is 7.52. The van der Waals surface area contributed by atoms with Crippen molar-refractivity contribution in [2.24, 2.45) is 5.92 Å². The zero-order valence-corrected chi connectivity index (χ0v) is 18.8. The number of rotatable bonds is 7. The molecule has 2 amide bonds. The van der Waals surface area contributed by atoms with Crippen molar-refractivity contribution in [3.63, 3.8) is 0 Å². The second-order valence-corrected chi connectivity index (χ2v) is 10.2. The molecule has 0 aromatic carbocycles. The number of hydrogen-bond acceptors (Lipinski definition) is 5. The van der Waals surface area contributed by atoms with Crippen LogP contribution in [0.3, 0.4) is 0 Å². The van der Waals surface area contributed by atoms with Crippen molar-refractivity contribution >= 4 is 19.4 Å². The molecule has 6 N–H and O–H groups in total. The average Bonchev–Trinajstić information content (AvgIpc) is 2.64. The van der Waals surface area contributed by atoms with Crippen LogP contribution in [0.1, 0.15) is 65.7 Å². The first-order valence-corrected chi connectivity index (χ1v) is 12.4. The second kappa shape index (κ2) is 13.3. The molecule has 0 aromatic rings. The Hall–Kier alpha value is -0.990. The Morgan fingerprint density at radius 3 is 2.34 bits per heavy atom. The Balaban J connectivity index is 2.79. The Morgan fingerprint density at radius 1 is 1.10 bits per heavy atom. The third kappa shape index (κ3) is 11.1. The molecule has 1 aliphatic heterocycles. The summed E-state index contributed by atoms with van der Waals surface area (Å²) in [6.45, 7) is 7.67. The Kier molecular flexibility index (Phi) is 12.0. The molecule has 0 saturated carbocycles. The highest BCUT2D eigenvalue weighted by Gasteiger charge is 2.31. The first-order chi connectivity index (χ1) is 13.6. The number of carbonyl (C=O) groups excluding carboxylic acids is 2. The molecule has 0 radical (unpaired) electrons. The van der Waals surface area contributed by atoms with Crippen LogP contribution in [-0.2, 0) is 14.2 Å². The van der Waals surface area contributed by atoms with Crippen molar-refractivity contribution < 1.29 is 23.9 Å². The van der Waals surface area contributed by atoms with Crippen LogP contribution in [0.15, 0.2) is 0 Å². The summed E-state index contributed by atoms with van der Waals surface area (Å²) in [4.78, 5) is 44.2. The van der Waals surface area contributed by atoms with Crippen molar-refractivity contribution in [2.45, 2.75) is 83.6 Å². The van der Waals surface area contributed by atoms with Gasteiger partial charge < -0.3 is 25.7 Å². The molecule has 1 fully saturated rings. The summed E-state index contributed by atoms with van der Waals surface area (Å²) in [5.41, 5.74) is 0. The van der Waals surface area contributed by atoms with Gasteiger partial charge in [0, 0.05) is 6.54 Å². The first kappa shape index (κ1) is 26.0. The van der Waals surface area contributed by atoms with E-state index in [1.807, 2.05) is 13.8 Å². The minimum absolute atomic E-state index is 0.141. The van der Waals surface area contributed by atoms with Gasteiger partial charge in [0.2, 0.25) is 11.8 Å². The zero-order valence-electron chi connectivity index (χ0n) is 17.9. The summed E-state index contributed by atoms with van der Waals surface area (Å²) in [6, 6.07) is -1.43. The highest BCUT2D eigenvalue weighted by atomic mass is 31.2. The molecular formula is C19H39N4O5P. The van der Waals surface area contributed by atoms with Gasteiger partial charge in [0.25, 0.3) is 0 Å². The Morgan fingerprint density at radius 2 is 1.72 bits per heavy atom. The molecule has 9 nitrogen and oxygen atoms in total. The molecule has 3 atom stereocenters. The standard InChI is InChI=1S/C19H39N4O5P/c1-14(2)13-17(22-15(3)29(26,27)28)19(25)23-16-9-5-8-11-20-10-6-4-7-12-21-18(16)24/h14-17,20,22H,4-13H2,1-3H3,(H,21,24)(H,23,25)(H2,26,27,28)/t15-,16?,17?/m1/s1. The van der Waals surface area contributed by atoms with Crippen molar-refractivity contribution in [1.82, 2.24) is 21.3 Å². The van der Waals surface area contributed by atoms with Gasteiger partial charge >= 0.3 is 7.60 Å². The fourth-order valence-corrected chi connectivity index (χ4v) is 3.64. The third-order valence-corrected chi connectivity index (χ3v) is 6.19. The number of amides is 2. The lowest BCUT2D eigenvalue weighted by atomic mass is 10.0. The Labute approximate surface area is 174 Å².